The van der Waals surface area contributed by atoms with Crippen molar-refractivity contribution >= 4 is 11.8 Å². The Morgan fingerprint density at radius 1 is 1.41 bits per heavy atom. The molecule has 0 aromatic heterocycles. The molecular formula is C14H21NOS. The maximum atomic E-state index is 5.40. The number of nitrogens with one attached hydrogen (secondary N) is 1. The van der Waals surface area contributed by atoms with Crippen LogP contribution in [0.25, 0.3) is 0 Å². The van der Waals surface area contributed by atoms with Gasteiger partial charge in [-0.2, -0.15) is 0 Å². The van der Waals surface area contributed by atoms with Gasteiger partial charge < -0.3 is 10.1 Å². The van der Waals surface area contributed by atoms with E-state index in [1.807, 2.05) is 11.8 Å². The van der Waals surface area contributed by atoms with Gasteiger partial charge in [-0.1, -0.05) is 25.1 Å². The second-order valence-corrected chi connectivity index (χ2v) is 5.55. The van der Waals surface area contributed by atoms with Crippen LogP contribution in [0.15, 0.2) is 35.2 Å². The van der Waals surface area contributed by atoms with E-state index < -0.39 is 0 Å². The molecule has 1 fully saturated rings. The molecule has 0 amide bonds. The van der Waals surface area contributed by atoms with Crippen LogP contribution in [0.2, 0.25) is 0 Å². The first-order chi connectivity index (χ1) is 8.38. The highest BCUT2D eigenvalue weighted by Gasteiger charge is 2.18. The van der Waals surface area contributed by atoms with E-state index in [1.54, 1.807) is 0 Å². The Labute approximate surface area is 108 Å². The summed E-state index contributed by atoms with van der Waals surface area (Å²) in [5, 5.41) is 3.69. The maximum Gasteiger partial charge on any atom is 0.0620 e. The molecule has 1 aromatic rings. The van der Waals surface area contributed by atoms with Gasteiger partial charge in [-0.15, -0.1) is 11.8 Å². The van der Waals surface area contributed by atoms with Gasteiger partial charge in [0, 0.05) is 29.3 Å². The second-order valence-electron chi connectivity index (χ2n) is 4.46. The van der Waals surface area contributed by atoms with E-state index >= 15 is 0 Å². The highest BCUT2D eigenvalue weighted by Crippen LogP contribution is 2.19. The molecule has 2 nitrogen and oxygen atoms in total. The summed E-state index contributed by atoms with van der Waals surface area (Å²) in [7, 11) is 0. The first kappa shape index (κ1) is 12.9. The van der Waals surface area contributed by atoms with Crippen LogP contribution >= 0.6 is 11.8 Å². The van der Waals surface area contributed by atoms with Crippen molar-refractivity contribution in [3.63, 3.8) is 0 Å². The number of thioether (sulfide) groups is 1. The van der Waals surface area contributed by atoms with Crippen molar-refractivity contribution in [1.82, 2.24) is 5.32 Å². The second kappa shape index (κ2) is 7.04. The van der Waals surface area contributed by atoms with E-state index in [0.29, 0.717) is 12.1 Å². The molecule has 2 rings (SSSR count). The maximum absolute atomic E-state index is 5.40. The van der Waals surface area contributed by atoms with Gasteiger partial charge in [0.2, 0.25) is 0 Å². The summed E-state index contributed by atoms with van der Waals surface area (Å²) in [4.78, 5) is 1.36. The van der Waals surface area contributed by atoms with Crippen LogP contribution in [0.1, 0.15) is 19.8 Å². The zero-order chi connectivity index (χ0) is 11.9. The summed E-state index contributed by atoms with van der Waals surface area (Å²) in [6.07, 6.45) is 2.34. The number of hydrogen-bond acceptors (Lipinski definition) is 3. The first-order valence-corrected chi connectivity index (χ1v) is 7.38. The largest absolute Gasteiger partial charge is 0.380 e. The van der Waals surface area contributed by atoms with Gasteiger partial charge in [0.1, 0.15) is 0 Å². The molecule has 0 saturated carbocycles. The molecule has 94 valence electrons. The highest BCUT2D eigenvalue weighted by molar-refractivity contribution is 7.99. The third-order valence-electron chi connectivity index (χ3n) is 3.09. The number of hydrogen-bond donors (Lipinski definition) is 1. The lowest BCUT2D eigenvalue weighted by Gasteiger charge is -2.20. The monoisotopic (exact) mass is 251 g/mol. The summed E-state index contributed by atoms with van der Waals surface area (Å²) in [5.41, 5.74) is 0. The lowest BCUT2D eigenvalue weighted by molar-refractivity contribution is 0.188. The Kier molecular flexibility index (Phi) is 5.36. The van der Waals surface area contributed by atoms with E-state index in [9.17, 15) is 0 Å². The summed E-state index contributed by atoms with van der Waals surface area (Å²) in [5.74, 6) is 1.14. The summed E-state index contributed by atoms with van der Waals surface area (Å²) in [6.45, 7) is 4.05. The predicted octanol–water partition coefficient (Wildman–Crippen LogP) is 2.94. The third kappa shape index (κ3) is 4.34. The lowest BCUT2D eigenvalue weighted by Crippen LogP contribution is -2.39. The minimum atomic E-state index is 0.566. The quantitative estimate of drug-likeness (QED) is 0.786. The Morgan fingerprint density at radius 3 is 2.88 bits per heavy atom. The molecular weight excluding hydrogens is 230 g/mol. The molecule has 0 bridgehead atoms. The summed E-state index contributed by atoms with van der Waals surface area (Å²) >= 11 is 1.93. The molecule has 1 saturated heterocycles. The normalized spacial score (nSPS) is 21.6. The number of ether oxygens (including phenoxy) is 1. The Morgan fingerprint density at radius 2 is 2.24 bits per heavy atom. The molecule has 0 spiro atoms. The molecule has 17 heavy (non-hydrogen) atoms. The van der Waals surface area contributed by atoms with Crippen LogP contribution < -0.4 is 5.32 Å². The van der Waals surface area contributed by atoms with Crippen LogP contribution in [-0.2, 0) is 4.74 Å². The van der Waals surface area contributed by atoms with E-state index in [-0.39, 0.29) is 0 Å². The van der Waals surface area contributed by atoms with Crippen LogP contribution in [0.3, 0.4) is 0 Å². The predicted molar refractivity (Wildman–Crippen MR) is 73.6 cm³/mol. The average molecular weight is 251 g/mol. The van der Waals surface area contributed by atoms with Crippen LogP contribution in [0.5, 0.6) is 0 Å². The summed E-state index contributed by atoms with van der Waals surface area (Å²) in [6, 6.07) is 11.8. The van der Waals surface area contributed by atoms with Crippen LogP contribution in [0.4, 0.5) is 0 Å². The molecule has 1 aliphatic heterocycles. The lowest BCUT2D eigenvalue weighted by atomic mass is 10.2. The minimum absolute atomic E-state index is 0.566. The Hall–Kier alpha value is -0.510. The first-order valence-electron chi connectivity index (χ1n) is 6.40. The number of rotatable bonds is 6. The summed E-state index contributed by atoms with van der Waals surface area (Å²) < 4.78 is 5.40. The zero-order valence-electron chi connectivity index (χ0n) is 10.4. The van der Waals surface area contributed by atoms with E-state index in [2.05, 4.69) is 42.6 Å². The average Bonchev–Trinajstić information content (AvgIpc) is 2.88. The molecule has 2 atom stereocenters. The van der Waals surface area contributed by atoms with Crippen molar-refractivity contribution < 1.29 is 4.74 Å². The topological polar surface area (TPSA) is 21.3 Å². The van der Waals surface area contributed by atoms with Crippen molar-refractivity contribution in [2.24, 2.45) is 0 Å². The van der Waals surface area contributed by atoms with Crippen molar-refractivity contribution in [2.45, 2.75) is 36.7 Å². The van der Waals surface area contributed by atoms with Crippen molar-refractivity contribution in [3.05, 3.63) is 30.3 Å². The zero-order valence-corrected chi connectivity index (χ0v) is 11.2. The minimum Gasteiger partial charge on any atom is -0.380 e. The van der Waals surface area contributed by atoms with Crippen LogP contribution in [-0.4, -0.2) is 31.1 Å². The molecule has 0 radical (unpaired) electrons. The molecule has 0 unspecified atom stereocenters. The van der Waals surface area contributed by atoms with E-state index in [0.717, 1.165) is 25.4 Å². The van der Waals surface area contributed by atoms with Crippen LogP contribution in [0, 0.1) is 0 Å². The van der Waals surface area contributed by atoms with E-state index in [4.69, 9.17) is 4.74 Å². The van der Waals surface area contributed by atoms with Crippen molar-refractivity contribution in [2.75, 3.05) is 19.0 Å². The van der Waals surface area contributed by atoms with Gasteiger partial charge in [0.15, 0.2) is 0 Å². The van der Waals surface area contributed by atoms with Gasteiger partial charge in [-0.25, -0.2) is 0 Å². The van der Waals surface area contributed by atoms with Gasteiger partial charge >= 0.3 is 0 Å². The van der Waals surface area contributed by atoms with Gasteiger partial charge in [-0.05, 0) is 25.0 Å². The fraction of sp³-hybridized carbons (Fsp3) is 0.571. The standard InChI is InChI=1S/C14H21NOS/c1-2-12(15-13-8-9-16-10-13)11-17-14-6-4-3-5-7-14/h3-7,12-13,15H,2,8-11H2,1H3/t12-,13+/m1/s1. The van der Waals surface area contributed by atoms with Gasteiger partial charge in [0.05, 0.1) is 6.61 Å². The highest BCUT2D eigenvalue weighted by atomic mass is 32.2. The Bertz CT molecular complexity index is 311. The fourth-order valence-corrected chi connectivity index (χ4v) is 3.07. The fourth-order valence-electron chi connectivity index (χ4n) is 2.00. The number of benzene rings is 1. The molecule has 0 aliphatic carbocycles. The molecule has 1 aliphatic rings. The molecule has 3 heteroatoms. The molecule has 1 N–H and O–H groups in total. The van der Waals surface area contributed by atoms with Gasteiger partial charge in [-0.3, -0.25) is 0 Å². The Balaban J connectivity index is 1.75. The van der Waals surface area contributed by atoms with Gasteiger partial charge in [0.25, 0.3) is 0 Å². The van der Waals surface area contributed by atoms with Crippen molar-refractivity contribution in [3.8, 4) is 0 Å². The smallest absolute Gasteiger partial charge is 0.0620 e. The SMILES string of the molecule is CC[C@H](CSc1ccccc1)N[C@H]1CCOC1. The molecule has 1 aromatic carbocycles. The third-order valence-corrected chi connectivity index (χ3v) is 4.26. The van der Waals surface area contributed by atoms with E-state index in [1.165, 1.54) is 11.3 Å². The molecule has 1 heterocycles. The van der Waals surface area contributed by atoms with Crippen molar-refractivity contribution in [1.29, 1.82) is 0 Å².